The molecule has 4 rings (SSSR count). The minimum atomic E-state index is -0.136. The molecule has 1 fully saturated rings. The third-order valence-electron chi connectivity index (χ3n) is 4.79. The number of hydrogen-bond donors (Lipinski definition) is 0. The normalized spacial score (nSPS) is 14.2. The first-order valence-corrected chi connectivity index (χ1v) is 10.3. The van der Waals surface area contributed by atoms with Gasteiger partial charge in [0.15, 0.2) is 10.9 Å². The number of aromatic nitrogens is 3. The van der Waals surface area contributed by atoms with Gasteiger partial charge in [0.1, 0.15) is 5.82 Å². The van der Waals surface area contributed by atoms with Gasteiger partial charge in [0.2, 0.25) is 5.91 Å². The van der Waals surface area contributed by atoms with Crippen molar-refractivity contribution in [2.24, 2.45) is 0 Å². The molecule has 0 atom stereocenters. The second kappa shape index (κ2) is 8.52. The Hall–Kier alpha value is -3.07. The Morgan fingerprint density at radius 2 is 1.72 bits per heavy atom. The number of para-hydroxylation sites is 1. The number of furan rings is 1. The maximum Gasteiger partial charge on any atom is 0.289 e. The molecule has 1 saturated heterocycles. The van der Waals surface area contributed by atoms with E-state index in [2.05, 4.69) is 10.2 Å². The van der Waals surface area contributed by atoms with Crippen LogP contribution in [-0.2, 0) is 4.79 Å². The Morgan fingerprint density at radius 1 is 1.00 bits per heavy atom. The lowest BCUT2D eigenvalue weighted by Gasteiger charge is -2.34. The second-order valence-electron chi connectivity index (χ2n) is 6.64. The topological polar surface area (TPSA) is 84.5 Å². The number of rotatable bonds is 5. The van der Waals surface area contributed by atoms with Gasteiger partial charge in [0, 0.05) is 31.9 Å². The zero-order chi connectivity index (χ0) is 20.2. The molecule has 29 heavy (non-hydrogen) atoms. The molecule has 0 spiro atoms. The maximum absolute atomic E-state index is 12.7. The third kappa shape index (κ3) is 4.19. The first-order valence-electron chi connectivity index (χ1n) is 9.34. The van der Waals surface area contributed by atoms with E-state index in [1.807, 2.05) is 41.8 Å². The molecule has 1 aliphatic rings. The number of carbonyl (C=O) groups excluding carboxylic acids is 2. The summed E-state index contributed by atoms with van der Waals surface area (Å²) in [6, 6.07) is 13.2. The molecule has 2 aromatic heterocycles. The van der Waals surface area contributed by atoms with E-state index in [0.29, 0.717) is 37.1 Å². The van der Waals surface area contributed by atoms with E-state index in [4.69, 9.17) is 4.42 Å². The minimum absolute atomic E-state index is 0.0281. The molecule has 3 heterocycles. The van der Waals surface area contributed by atoms with Crippen LogP contribution in [0.3, 0.4) is 0 Å². The molecular weight excluding hydrogens is 390 g/mol. The molecule has 0 saturated carbocycles. The van der Waals surface area contributed by atoms with Crippen molar-refractivity contribution >= 4 is 23.6 Å². The molecule has 0 N–H and O–H groups in total. The zero-order valence-electron chi connectivity index (χ0n) is 16.0. The van der Waals surface area contributed by atoms with Crippen LogP contribution in [0.1, 0.15) is 16.4 Å². The van der Waals surface area contributed by atoms with Crippen molar-refractivity contribution in [2.75, 3.05) is 31.9 Å². The molecule has 8 nitrogen and oxygen atoms in total. The Balaban J connectivity index is 1.33. The molecule has 0 radical (unpaired) electrons. The van der Waals surface area contributed by atoms with Crippen molar-refractivity contribution in [3.8, 4) is 5.69 Å². The average Bonchev–Trinajstić information content (AvgIpc) is 3.42. The maximum atomic E-state index is 12.7. The van der Waals surface area contributed by atoms with E-state index < -0.39 is 0 Å². The average molecular weight is 411 g/mol. The summed E-state index contributed by atoms with van der Waals surface area (Å²) in [6.45, 7) is 3.90. The number of carbonyl (C=O) groups is 2. The Bertz CT molecular complexity index is 979. The third-order valence-corrected chi connectivity index (χ3v) is 5.70. The minimum Gasteiger partial charge on any atom is -0.459 e. The monoisotopic (exact) mass is 411 g/mol. The van der Waals surface area contributed by atoms with Gasteiger partial charge >= 0.3 is 0 Å². The van der Waals surface area contributed by atoms with Crippen LogP contribution in [0.25, 0.3) is 5.69 Å². The summed E-state index contributed by atoms with van der Waals surface area (Å²) in [6.07, 6.45) is 1.49. The first-order chi connectivity index (χ1) is 14.1. The summed E-state index contributed by atoms with van der Waals surface area (Å²) >= 11 is 1.37. The van der Waals surface area contributed by atoms with E-state index in [1.54, 1.807) is 21.9 Å². The molecule has 0 bridgehead atoms. The second-order valence-corrected chi connectivity index (χ2v) is 7.58. The summed E-state index contributed by atoms with van der Waals surface area (Å²) < 4.78 is 7.11. The number of piperazine rings is 1. The van der Waals surface area contributed by atoms with Crippen molar-refractivity contribution in [1.29, 1.82) is 0 Å². The Morgan fingerprint density at radius 3 is 2.41 bits per heavy atom. The quantitative estimate of drug-likeness (QED) is 0.599. The lowest BCUT2D eigenvalue weighted by Crippen LogP contribution is -2.51. The van der Waals surface area contributed by atoms with Gasteiger partial charge in [-0.05, 0) is 31.2 Å². The van der Waals surface area contributed by atoms with Crippen LogP contribution in [0, 0.1) is 6.92 Å². The molecule has 3 aromatic rings. The number of thioether (sulfide) groups is 1. The van der Waals surface area contributed by atoms with Gasteiger partial charge < -0.3 is 14.2 Å². The van der Waals surface area contributed by atoms with Crippen LogP contribution >= 0.6 is 11.8 Å². The highest BCUT2D eigenvalue weighted by molar-refractivity contribution is 7.99. The summed E-state index contributed by atoms with van der Waals surface area (Å²) in [5, 5.41) is 9.05. The summed E-state index contributed by atoms with van der Waals surface area (Å²) in [5.74, 6) is 1.27. The summed E-state index contributed by atoms with van der Waals surface area (Å²) in [4.78, 5) is 28.5. The number of amides is 2. The first kappa shape index (κ1) is 19.3. The van der Waals surface area contributed by atoms with Gasteiger partial charge in [0.25, 0.3) is 5.91 Å². The van der Waals surface area contributed by atoms with Crippen LogP contribution in [0.15, 0.2) is 58.3 Å². The van der Waals surface area contributed by atoms with Crippen molar-refractivity contribution in [3.05, 3.63) is 60.3 Å². The van der Waals surface area contributed by atoms with Crippen LogP contribution in [-0.4, -0.2) is 68.3 Å². The number of aryl methyl sites for hydroxylation is 1. The Labute approximate surface area is 172 Å². The molecule has 0 aliphatic carbocycles. The van der Waals surface area contributed by atoms with E-state index in [1.165, 1.54) is 18.0 Å². The van der Waals surface area contributed by atoms with Gasteiger partial charge in [-0.25, -0.2) is 0 Å². The van der Waals surface area contributed by atoms with Gasteiger partial charge in [-0.15, -0.1) is 10.2 Å². The fourth-order valence-electron chi connectivity index (χ4n) is 3.24. The van der Waals surface area contributed by atoms with E-state index in [0.717, 1.165) is 11.5 Å². The predicted octanol–water partition coefficient (Wildman–Crippen LogP) is 2.25. The van der Waals surface area contributed by atoms with Gasteiger partial charge in [-0.1, -0.05) is 30.0 Å². The number of nitrogens with zero attached hydrogens (tertiary/aromatic N) is 5. The Kier molecular flexibility index (Phi) is 5.66. The number of hydrogen-bond acceptors (Lipinski definition) is 6. The molecule has 150 valence electrons. The van der Waals surface area contributed by atoms with Gasteiger partial charge in [0.05, 0.1) is 12.0 Å². The van der Waals surface area contributed by atoms with Crippen LogP contribution in [0.5, 0.6) is 0 Å². The van der Waals surface area contributed by atoms with Crippen molar-refractivity contribution < 1.29 is 14.0 Å². The molecule has 1 aromatic carbocycles. The molecule has 9 heteroatoms. The largest absolute Gasteiger partial charge is 0.459 e. The fourth-order valence-corrected chi connectivity index (χ4v) is 4.14. The summed E-state index contributed by atoms with van der Waals surface area (Å²) in [7, 11) is 0. The fraction of sp³-hybridized carbons (Fsp3) is 0.300. The molecular formula is C20H21N5O3S. The lowest BCUT2D eigenvalue weighted by molar-refractivity contribution is -0.129. The van der Waals surface area contributed by atoms with Gasteiger partial charge in [-0.2, -0.15) is 0 Å². The highest BCUT2D eigenvalue weighted by atomic mass is 32.2. The smallest absolute Gasteiger partial charge is 0.289 e. The van der Waals surface area contributed by atoms with Gasteiger partial charge in [-0.3, -0.25) is 14.2 Å². The molecule has 1 aliphatic heterocycles. The molecule has 2 amide bonds. The summed E-state index contributed by atoms with van der Waals surface area (Å²) in [5.41, 5.74) is 0.968. The van der Waals surface area contributed by atoms with E-state index >= 15 is 0 Å². The van der Waals surface area contributed by atoms with Crippen LogP contribution < -0.4 is 0 Å². The number of benzene rings is 1. The molecule has 0 unspecified atom stereocenters. The van der Waals surface area contributed by atoms with E-state index in [-0.39, 0.29) is 17.6 Å². The predicted molar refractivity (Wildman–Crippen MR) is 108 cm³/mol. The van der Waals surface area contributed by atoms with Crippen molar-refractivity contribution in [1.82, 2.24) is 24.6 Å². The SMILES string of the molecule is Cc1nnc(SCC(=O)N2CCN(C(=O)c3ccco3)CC2)n1-c1ccccc1. The van der Waals surface area contributed by atoms with Crippen LogP contribution in [0.2, 0.25) is 0 Å². The van der Waals surface area contributed by atoms with E-state index in [9.17, 15) is 9.59 Å². The highest BCUT2D eigenvalue weighted by Crippen LogP contribution is 2.22. The zero-order valence-corrected chi connectivity index (χ0v) is 16.8. The standard InChI is InChI=1S/C20H21N5O3S/c1-15-21-22-20(25(15)16-6-3-2-4-7-16)29-14-18(26)23-9-11-24(12-10-23)19(27)17-8-5-13-28-17/h2-8,13H,9-12,14H2,1H3. The van der Waals surface area contributed by atoms with Crippen molar-refractivity contribution in [3.63, 3.8) is 0 Å². The lowest BCUT2D eigenvalue weighted by atomic mass is 10.3. The van der Waals surface area contributed by atoms with Crippen LogP contribution in [0.4, 0.5) is 0 Å². The van der Waals surface area contributed by atoms with Crippen molar-refractivity contribution in [2.45, 2.75) is 12.1 Å². The highest BCUT2D eigenvalue weighted by Gasteiger charge is 2.26.